The molecule has 0 bridgehead atoms. The van der Waals surface area contributed by atoms with E-state index in [-0.39, 0.29) is 5.97 Å². The number of hydrogen-bond acceptors (Lipinski definition) is 3. The first-order chi connectivity index (χ1) is 7.74. The van der Waals surface area contributed by atoms with Crippen LogP contribution in [0, 0.1) is 5.92 Å². The van der Waals surface area contributed by atoms with Crippen molar-refractivity contribution in [2.75, 3.05) is 12.3 Å². The van der Waals surface area contributed by atoms with Gasteiger partial charge in [-0.3, -0.25) is 0 Å². The van der Waals surface area contributed by atoms with E-state index in [4.69, 9.17) is 10.5 Å². The van der Waals surface area contributed by atoms with Crippen molar-refractivity contribution >= 4 is 11.7 Å². The Kier molecular flexibility index (Phi) is 2.16. The predicted molar refractivity (Wildman–Crippen MR) is 60.1 cm³/mol. The highest BCUT2D eigenvalue weighted by Crippen LogP contribution is 2.37. The number of aromatic nitrogens is 1. The van der Waals surface area contributed by atoms with E-state index in [0.717, 1.165) is 12.8 Å². The number of esters is 1. The van der Waals surface area contributed by atoms with Crippen LogP contribution in [0.3, 0.4) is 0 Å². The summed E-state index contributed by atoms with van der Waals surface area (Å²) in [5, 5.41) is 0. The number of ether oxygens (including phenoxy) is 1. The molecule has 0 unspecified atom stereocenters. The Balaban J connectivity index is 1.72. The van der Waals surface area contributed by atoms with Crippen LogP contribution in [0.5, 0.6) is 0 Å². The van der Waals surface area contributed by atoms with Gasteiger partial charge >= 0.3 is 5.97 Å². The van der Waals surface area contributed by atoms with Crippen molar-refractivity contribution < 1.29 is 9.53 Å². The molecule has 2 saturated carbocycles. The normalized spacial score (nSPS) is 19.8. The van der Waals surface area contributed by atoms with Gasteiger partial charge in [-0.15, -0.1) is 0 Å². The van der Waals surface area contributed by atoms with Crippen molar-refractivity contribution in [1.82, 2.24) is 4.57 Å². The predicted octanol–water partition coefficient (Wildman–Crippen LogP) is 1.97. The van der Waals surface area contributed by atoms with E-state index in [9.17, 15) is 4.79 Å². The van der Waals surface area contributed by atoms with Crippen molar-refractivity contribution in [2.24, 2.45) is 5.92 Å². The van der Waals surface area contributed by atoms with E-state index in [0.29, 0.717) is 29.9 Å². The van der Waals surface area contributed by atoms with Crippen LogP contribution in [0.4, 0.5) is 5.69 Å². The molecule has 3 rings (SSSR count). The average Bonchev–Trinajstić information content (AvgIpc) is 3.14. The summed E-state index contributed by atoms with van der Waals surface area (Å²) < 4.78 is 7.23. The molecule has 0 radical (unpaired) electrons. The van der Waals surface area contributed by atoms with Gasteiger partial charge in [-0.2, -0.15) is 0 Å². The van der Waals surface area contributed by atoms with Crippen LogP contribution >= 0.6 is 0 Å². The van der Waals surface area contributed by atoms with Gasteiger partial charge in [-0.1, -0.05) is 0 Å². The summed E-state index contributed by atoms with van der Waals surface area (Å²) in [5.41, 5.74) is 6.98. The first-order valence-corrected chi connectivity index (χ1v) is 5.88. The average molecular weight is 220 g/mol. The largest absolute Gasteiger partial charge is 0.461 e. The Morgan fingerprint density at radius 2 is 2.19 bits per heavy atom. The van der Waals surface area contributed by atoms with Crippen molar-refractivity contribution in [3.8, 4) is 0 Å². The van der Waals surface area contributed by atoms with Gasteiger partial charge < -0.3 is 15.0 Å². The minimum atomic E-state index is -0.226. The molecule has 0 aliphatic heterocycles. The first kappa shape index (κ1) is 9.75. The number of carbonyl (C=O) groups is 1. The Labute approximate surface area is 94.4 Å². The van der Waals surface area contributed by atoms with E-state index in [1.165, 1.54) is 12.8 Å². The van der Waals surface area contributed by atoms with Gasteiger partial charge in [0.05, 0.1) is 12.3 Å². The minimum Gasteiger partial charge on any atom is -0.461 e. The molecule has 2 aliphatic rings. The lowest BCUT2D eigenvalue weighted by Gasteiger charge is -2.07. The zero-order chi connectivity index (χ0) is 11.1. The van der Waals surface area contributed by atoms with Gasteiger partial charge in [0.25, 0.3) is 0 Å². The fourth-order valence-electron chi connectivity index (χ4n) is 1.87. The summed E-state index contributed by atoms with van der Waals surface area (Å²) >= 11 is 0. The molecule has 1 aromatic heterocycles. The fourth-order valence-corrected chi connectivity index (χ4v) is 1.87. The molecule has 2 N–H and O–H groups in total. The molecule has 0 spiro atoms. The third-order valence-corrected chi connectivity index (χ3v) is 3.17. The van der Waals surface area contributed by atoms with Crippen LogP contribution in [-0.4, -0.2) is 17.1 Å². The molecule has 4 heteroatoms. The SMILES string of the molecule is Nc1cc(C(=O)OCC2CC2)n(C2CC2)c1. The number of carbonyl (C=O) groups excluding carboxylic acids is 1. The third kappa shape index (κ3) is 1.92. The molecule has 0 aromatic carbocycles. The summed E-state index contributed by atoms with van der Waals surface area (Å²) in [7, 11) is 0. The quantitative estimate of drug-likeness (QED) is 0.789. The van der Waals surface area contributed by atoms with Crippen molar-refractivity contribution in [3.05, 3.63) is 18.0 Å². The van der Waals surface area contributed by atoms with Gasteiger partial charge in [0, 0.05) is 12.2 Å². The highest BCUT2D eigenvalue weighted by molar-refractivity contribution is 5.89. The zero-order valence-electron chi connectivity index (χ0n) is 9.19. The van der Waals surface area contributed by atoms with Gasteiger partial charge in [0.1, 0.15) is 5.69 Å². The molecule has 1 aromatic rings. The molecule has 2 fully saturated rings. The molecule has 1 heterocycles. The number of nitrogens with two attached hydrogens (primary N) is 1. The molecule has 0 amide bonds. The van der Waals surface area contributed by atoms with E-state index < -0.39 is 0 Å². The number of nitrogens with zero attached hydrogens (tertiary/aromatic N) is 1. The number of nitrogen functional groups attached to an aromatic ring is 1. The third-order valence-electron chi connectivity index (χ3n) is 3.17. The maximum absolute atomic E-state index is 11.8. The summed E-state index contributed by atoms with van der Waals surface area (Å²) in [6.45, 7) is 0.564. The molecular formula is C12H16N2O2. The Hall–Kier alpha value is -1.45. The van der Waals surface area contributed by atoms with Crippen molar-refractivity contribution in [2.45, 2.75) is 31.7 Å². The lowest BCUT2D eigenvalue weighted by molar-refractivity contribution is 0.0473. The lowest BCUT2D eigenvalue weighted by atomic mass is 10.4. The highest BCUT2D eigenvalue weighted by atomic mass is 16.5. The number of rotatable bonds is 4. The van der Waals surface area contributed by atoms with E-state index >= 15 is 0 Å². The smallest absolute Gasteiger partial charge is 0.355 e. The monoisotopic (exact) mass is 220 g/mol. The van der Waals surface area contributed by atoms with Crippen LogP contribution in [0.15, 0.2) is 12.3 Å². The second-order valence-electron chi connectivity index (χ2n) is 4.84. The summed E-state index contributed by atoms with van der Waals surface area (Å²) in [6.07, 6.45) is 6.50. The molecule has 86 valence electrons. The van der Waals surface area contributed by atoms with Gasteiger partial charge in [0.15, 0.2) is 0 Å². The summed E-state index contributed by atoms with van der Waals surface area (Å²) in [4.78, 5) is 11.8. The van der Waals surface area contributed by atoms with Gasteiger partial charge in [-0.05, 0) is 37.7 Å². The molecule has 2 aliphatic carbocycles. The molecule has 0 atom stereocenters. The summed E-state index contributed by atoms with van der Waals surface area (Å²) in [6, 6.07) is 2.17. The maximum Gasteiger partial charge on any atom is 0.355 e. The topological polar surface area (TPSA) is 57.3 Å². The first-order valence-electron chi connectivity index (χ1n) is 5.88. The summed E-state index contributed by atoms with van der Waals surface area (Å²) in [5.74, 6) is 0.376. The Morgan fingerprint density at radius 3 is 2.81 bits per heavy atom. The maximum atomic E-state index is 11.8. The van der Waals surface area contributed by atoms with Gasteiger partial charge in [-0.25, -0.2) is 4.79 Å². The van der Waals surface area contributed by atoms with Crippen LogP contribution in [-0.2, 0) is 4.74 Å². The molecule has 4 nitrogen and oxygen atoms in total. The number of hydrogen-bond donors (Lipinski definition) is 1. The van der Waals surface area contributed by atoms with Gasteiger partial charge in [0.2, 0.25) is 0 Å². The highest BCUT2D eigenvalue weighted by Gasteiger charge is 2.29. The van der Waals surface area contributed by atoms with E-state index in [1.54, 1.807) is 6.07 Å². The van der Waals surface area contributed by atoms with Crippen LogP contribution in [0.1, 0.15) is 42.2 Å². The Morgan fingerprint density at radius 1 is 1.44 bits per heavy atom. The van der Waals surface area contributed by atoms with E-state index in [1.807, 2.05) is 10.8 Å². The molecule has 16 heavy (non-hydrogen) atoms. The molecular weight excluding hydrogens is 204 g/mol. The minimum absolute atomic E-state index is 0.226. The van der Waals surface area contributed by atoms with Crippen molar-refractivity contribution in [3.63, 3.8) is 0 Å². The van der Waals surface area contributed by atoms with E-state index in [2.05, 4.69) is 0 Å². The van der Waals surface area contributed by atoms with Crippen LogP contribution in [0.2, 0.25) is 0 Å². The second kappa shape index (κ2) is 3.54. The fraction of sp³-hybridized carbons (Fsp3) is 0.583. The number of anilines is 1. The van der Waals surface area contributed by atoms with Crippen LogP contribution in [0.25, 0.3) is 0 Å². The lowest BCUT2D eigenvalue weighted by Crippen LogP contribution is -2.12. The van der Waals surface area contributed by atoms with Crippen molar-refractivity contribution in [1.29, 1.82) is 0 Å². The Bertz CT molecular complexity index is 417. The zero-order valence-corrected chi connectivity index (χ0v) is 9.19. The van der Waals surface area contributed by atoms with Crippen LogP contribution < -0.4 is 5.73 Å². The second-order valence-corrected chi connectivity index (χ2v) is 4.84. The standard InChI is InChI=1S/C12H16N2O2/c13-9-5-11(14(6-9)10-3-4-10)12(15)16-7-8-1-2-8/h5-6,8,10H,1-4,7,13H2. The molecule has 0 saturated heterocycles.